The largest absolute Gasteiger partial charge is 0.360 e. The van der Waals surface area contributed by atoms with Crippen molar-refractivity contribution in [3.63, 3.8) is 0 Å². The van der Waals surface area contributed by atoms with Crippen LogP contribution in [-0.2, 0) is 0 Å². The summed E-state index contributed by atoms with van der Waals surface area (Å²) < 4.78 is 0. The van der Waals surface area contributed by atoms with Gasteiger partial charge in [-0.15, -0.1) is 4.91 Å². The number of hydrogen-bond acceptors (Lipinski definition) is 4. The molecule has 0 unspecified atom stereocenters. The van der Waals surface area contributed by atoms with E-state index in [0.29, 0.717) is 0 Å². The summed E-state index contributed by atoms with van der Waals surface area (Å²) in [6, 6.07) is 2.02. The Balaban J connectivity index is 3.43. The second kappa shape index (κ2) is 6.83. The van der Waals surface area contributed by atoms with Gasteiger partial charge in [0.2, 0.25) is 0 Å². The van der Waals surface area contributed by atoms with Crippen LogP contribution in [0.5, 0.6) is 0 Å². The van der Waals surface area contributed by atoms with Crippen molar-refractivity contribution < 1.29 is 0 Å². The first kappa shape index (κ1) is 15.1. The van der Waals surface area contributed by atoms with Crippen LogP contribution in [0.3, 0.4) is 0 Å². The van der Waals surface area contributed by atoms with E-state index in [9.17, 15) is 4.91 Å². The third-order valence-corrected chi connectivity index (χ3v) is 2.93. The molecule has 0 aromatic carbocycles. The molecule has 1 rings (SSSR count). The van der Waals surface area contributed by atoms with Crippen LogP contribution in [0.1, 0.15) is 25.8 Å². The lowest BCUT2D eigenvalue weighted by atomic mass is 10.1. The predicted octanol–water partition coefficient (Wildman–Crippen LogP) is 2.10. The molecule has 19 heavy (non-hydrogen) atoms. The van der Waals surface area contributed by atoms with E-state index in [4.69, 9.17) is 0 Å². The van der Waals surface area contributed by atoms with E-state index in [0.717, 1.165) is 34.9 Å². The highest BCUT2D eigenvalue weighted by atomic mass is 16.3. The molecule has 0 N–H and O–H groups in total. The van der Waals surface area contributed by atoms with Gasteiger partial charge < -0.3 is 4.90 Å². The monoisotopic (exact) mass is 259 g/mol. The molecule has 1 aromatic rings. The Hall–Kier alpha value is -1.97. The summed E-state index contributed by atoms with van der Waals surface area (Å²) in [6.45, 7) is 10.6. The maximum absolute atomic E-state index is 10.5. The minimum absolute atomic E-state index is 0.211. The maximum Gasteiger partial charge on any atom is 0.129 e. The lowest BCUT2D eigenvalue weighted by Gasteiger charge is -2.17. The third kappa shape index (κ3) is 3.74. The van der Waals surface area contributed by atoms with Gasteiger partial charge in [0.1, 0.15) is 11.5 Å². The Kier molecular flexibility index (Phi) is 5.42. The number of pyridine rings is 1. The molecule has 4 nitrogen and oxygen atoms in total. The van der Waals surface area contributed by atoms with Crippen molar-refractivity contribution in [1.29, 1.82) is 0 Å². The number of aromatic nitrogens is 1. The van der Waals surface area contributed by atoms with Gasteiger partial charge in [0.25, 0.3) is 0 Å². The van der Waals surface area contributed by atoms with Crippen molar-refractivity contribution in [3.05, 3.63) is 39.4 Å². The van der Waals surface area contributed by atoms with Crippen LogP contribution in [0.25, 0.3) is 12.2 Å². The average Bonchev–Trinajstić information content (AvgIpc) is 2.40. The molecule has 0 aliphatic heterocycles. The van der Waals surface area contributed by atoms with Crippen molar-refractivity contribution in [3.8, 4) is 0 Å². The smallest absolute Gasteiger partial charge is 0.129 e. The molecule has 0 radical (unpaired) electrons. The van der Waals surface area contributed by atoms with Gasteiger partial charge in [0, 0.05) is 18.8 Å². The number of rotatable bonds is 5. The summed E-state index contributed by atoms with van der Waals surface area (Å²) in [5.74, 6) is 0.939. The SMILES string of the molecule is C=C(/C=c1/c(C)cc(N(C)CCC)n/c1=C/C)N=O. The molecular formula is C15H21N3O. The van der Waals surface area contributed by atoms with Crippen molar-refractivity contribution in [2.24, 2.45) is 5.18 Å². The number of nitrogens with zero attached hydrogens (tertiary/aromatic N) is 3. The zero-order valence-corrected chi connectivity index (χ0v) is 12.1. The van der Waals surface area contributed by atoms with E-state index in [2.05, 4.69) is 28.6 Å². The van der Waals surface area contributed by atoms with Crippen LogP contribution >= 0.6 is 0 Å². The van der Waals surface area contributed by atoms with E-state index < -0.39 is 0 Å². The average molecular weight is 259 g/mol. The summed E-state index contributed by atoms with van der Waals surface area (Å²) in [7, 11) is 2.03. The van der Waals surface area contributed by atoms with Crippen LogP contribution in [-0.4, -0.2) is 18.6 Å². The summed E-state index contributed by atoms with van der Waals surface area (Å²) >= 11 is 0. The molecule has 0 aliphatic carbocycles. The predicted molar refractivity (Wildman–Crippen MR) is 81.3 cm³/mol. The van der Waals surface area contributed by atoms with E-state index in [-0.39, 0.29) is 5.70 Å². The molecule has 1 heterocycles. The van der Waals surface area contributed by atoms with Gasteiger partial charge >= 0.3 is 0 Å². The fourth-order valence-electron chi connectivity index (χ4n) is 1.94. The van der Waals surface area contributed by atoms with Crippen LogP contribution in [0.2, 0.25) is 0 Å². The number of nitroso groups, excluding NO2 is 1. The van der Waals surface area contributed by atoms with Gasteiger partial charge in [-0.2, -0.15) is 0 Å². The minimum atomic E-state index is 0.211. The van der Waals surface area contributed by atoms with Crippen molar-refractivity contribution >= 4 is 18.0 Å². The maximum atomic E-state index is 10.5. The fraction of sp³-hybridized carbons (Fsp3) is 0.400. The zero-order valence-electron chi connectivity index (χ0n) is 12.1. The molecule has 0 saturated carbocycles. The van der Waals surface area contributed by atoms with Gasteiger partial charge in [-0.25, -0.2) is 4.98 Å². The molecule has 0 amide bonds. The molecule has 102 valence electrons. The molecule has 0 aliphatic rings. The summed E-state index contributed by atoms with van der Waals surface area (Å²) in [5, 5.41) is 4.59. The number of hydrogen-bond donors (Lipinski definition) is 0. The van der Waals surface area contributed by atoms with E-state index in [1.807, 2.05) is 33.0 Å². The first-order valence-corrected chi connectivity index (χ1v) is 6.42. The summed E-state index contributed by atoms with van der Waals surface area (Å²) in [5.41, 5.74) is 1.27. The molecule has 4 heteroatoms. The minimum Gasteiger partial charge on any atom is -0.360 e. The Morgan fingerprint density at radius 3 is 2.79 bits per heavy atom. The highest BCUT2D eigenvalue weighted by Gasteiger charge is 2.04. The Bertz CT molecular complexity index is 590. The summed E-state index contributed by atoms with van der Waals surface area (Å²) in [4.78, 5) is 17.2. The van der Waals surface area contributed by atoms with Crippen molar-refractivity contribution in [1.82, 2.24) is 4.98 Å². The fourth-order valence-corrected chi connectivity index (χ4v) is 1.94. The Labute approximate surface area is 114 Å². The van der Waals surface area contributed by atoms with Gasteiger partial charge in [-0.3, -0.25) is 0 Å². The number of aryl methyl sites for hydroxylation is 1. The highest BCUT2D eigenvalue weighted by molar-refractivity contribution is 5.50. The molecule has 0 fully saturated rings. The zero-order chi connectivity index (χ0) is 14.4. The van der Waals surface area contributed by atoms with Crippen LogP contribution in [0, 0.1) is 11.8 Å². The quantitative estimate of drug-likeness (QED) is 0.761. The number of allylic oxidation sites excluding steroid dienone is 1. The first-order chi connectivity index (χ1) is 9.03. The van der Waals surface area contributed by atoms with Gasteiger partial charge in [0.05, 0.1) is 5.35 Å². The van der Waals surface area contributed by atoms with Crippen LogP contribution in [0.15, 0.2) is 23.5 Å². The Morgan fingerprint density at radius 1 is 1.58 bits per heavy atom. The standard InChI is InChI=1S/C15H21N3O/c1-6-8-18(5)15-9-11(3)13(10-12(4)17-19)14(7-2)16-15/h7,9-10H,4,6,8H2,1-3,5H3/b13-10-,14-7+. The lowest BCUT2D eigenvalue weighted by Crippen LogP contribution is -2.33. The van der Waals surface area contributed by atoms with E-state index >= 15 is 0 Å². The topological polar surface area (TPSA) is 45.6 Å². The second-order valence-corrected chi connectivity index (χ2v) is 4.53. The first-order valence-electron chi connectivity index (χ1n) is 6.42. The molecule has 1 aromatic heterocycles. The second-order valence-electron chi connectivity index (χ2n) is 4.53. The number of anilines is 1. The van der Waals surface area contributed by atoms with Gasteiger partial charge in [-0.1, -0.05) is 19.6 Å². The molecular weight excluding hydrogens is 238 g/mol. The van der Waals surface area contributed by atoms with Gasteiger partial charge in [-0.05, 0) is 43.2 Å². The van der Waals surface area contributed by atoms with Crippen molar-refractivity contribution in [2.75, 3.05) is 18.5 Å². The van der Waals surface area contributed by atoms with Crippen LogP contribution < -0.4 is 15.5 Å². The molecule has 0 spiro atoms. The third-order valence-electron chi connectivity index (χ3n) is 2.93. The van der Waals surface area contributed by atoms with Gasteiger partial charge in [0.15, 0.2) is 0 Å². The van der Waals surface area contributed by atoms with E-state index in [1.54, 1.807) is 6.08 Å². The summed E-state index contributed by atoms with van der Waals surface area (Å²) in [6.07, 6.45) is 4.68. The lowest BCUT2D eigenvalue weighted by molar-refractivity contribution is 0.833. The normalized spacial score (nSPS) is 12.6. The van der Waals surface area contributed by atoms with Crippen molar-refractivity contribution in [2.45, 2.75) is 27.2 Å². The molecule has 0 bridgehead atoms. The molecule has 0 atom stereocenters. The van der Waals surface area contributed by atoms with Crippen LogP contribution in [0.4, 0.5) is 5.82 Å². The highest BCUT2D eigenvalue weighted by Crippen LogP contribution is 2.07. The van der Waals surface area contributed by atoms with E-state index in [1.165, 1.54) is 0 Å². The Morgan fingerprint density at radius 2 is 2.26 bits per heavy atom. The molecule has 0 saturated heterocycles.